The van der Waals surface area contributed by atoms with Gasteiger partial charge in [-0.2, -0.15) is 0 Å². The molecule has 0 aromatic carbocycles. The van der Waals surface area contributed by atoms with Crippen LogP contribution in [0.2, 0.25) is 0 Å². The molecule has 0 spiro atoms. The molecule has 52 valence electrons. The van der Waals surface area contributed by atoms with Crippen molar-refractivity contribution in [1.82, 2.24) is 0 Å². The van der Waals surface area contributed by atoms with Gasteiger partial charge >= 0.3 is 5.97 Å². The molecule has 0 saturated carbocycles. The van der Waals surface area contributed by atoms with Crippen LogP contribution < -0.4 is 0 Å². The van der Waals surface area contributed by atoms with Gasteiger partial charge in [-0.05, 0) is 0 Å². The van der Waals surface area contributed by atoms with Crippen LogP contribution in [0.25, 0.3) is 0 Å². The molecule has 0 aromatic rings. The normalized spacial score (nSPS) is 9.89. The van der Waals surface area contributed by atoms with Crippen LogP contribution in [0.5, 0.6) is 0 Å². The topological polar surface area (TPSA) is 35.5 Å². The Morgan fingerprint density at radius 2 is 2.56 bits per heavy atom. The summed E-state index contributed by atoms with van der Waals surface area (Å²) in [6.45, 7) is 3.24. The molecule has 3 nitrogen and oxygen atoms in total. The standard InChI is InChI=1S/C5H10O3Si/c1-3-5(6)8-4-9-7-2/h3H,1,4,9H2,2H3. The van der Waals surface area contributed by atoms with E-state index in [2.05, 4.69) is 11.3 Å². The zero-order valence-electron chi connectivity index (χ0n) is 5.42. The average molecular weight is 146 g/mol. The van der Waals surface area contributed by atoms with Crippen molar-refractivity contribution in [2.75, 3.05) is 13.3 Å². The van der Waals surface area contributed by atoms with Crippen molar-refractivity contribution < 1.29 is 14.0 Å². The lowest BCUT2D eigenvalue weighted by Gasteiger charge is -1.97. The molecular weight excluding hydrogens is 136 g/mol. The molecule has 9 heavy (non-hydrogen) atoms. The predicted octanol–water partition coefficient (Wildman–Crippen LogP) is -0.597. The maximum atomic E-state index is 10.3. The van der Waals surface area contributed by atoms with Crippen LogP contribution >= 0.6 is 0 Å². The van der Waals surface area contributed by atoms with Crippen molar-refractivity contribution in [1.29, 1.82) is 0 Å². The van der Waals surface area contributed by atoms with Gasteiger partial charge in [-0.1, -0.05) is 6.58 Å². The van der Waals surface area contributed by atoms with Crippen LogP contribution in [0.1, 0.15) is 0 Å². The molecule has 0 fully saturated rings. The maximum absolute atomic E-state index is 10.3. The Bertz CT molecular complexity index is 102. The Hall–Kier alpha value is -0.613. The molecule has 0 unspecified atom stereocenters. The Balaban J connectivity index is 3.07. The van der Waals surface area contributed by atoms with Gasteiger partial charge in [0.25, 0.3) is 0 Å². The zero-order chi connectivity index (χ0) is 7.11. The first kappa shape index (κ1) is 8.39. The van der Waals surface area contributed by atoms with Crippen molar-refractivity contribution in [2.45, 2.75) is 0 Å². The fraction of sp³-hybridized carbons (Fsp3) is 0.400. The summed E-state index contributed by atoms with van der Waals surface area (Å²) in [5.74, 6) is -0.375. The van der Waals surface area contributed by atoms with Gasteiger partial charge in [0.15, 0.2) is 0 Å². The number of carbonyl (C=O) groups excluding carboxylic acids is 1. The van der Waals surface area contributed by atoms with Gasteiger partial charge in [-0.15, -0.1) is 0 Å². The van der Waals surface area contributed by atoms with E-state index in [1.165, 1.54) is 0 Å². The van der Waals surface area contributed by atoms with Crippen molar-refractivity contribution >= 4 is 15.7 Å². The van der Waals surface area contributed by atoms with E-state index in [0.717, 1.165) is 6.08 Å². The molecule has 0 saturated heterocycles. The first-order chi connectivity index (χ1) is 4.31. The minimum absolute atomic E-state index is 0.375. The van der Waals surface area contributed by atoms with Gasteiger partial charge in [0.1, 0.15) is 6.23 Å². The Morgan fingerprint density at radius 3 is 3.00 bits per heavy atom. The Kier molecular flexibility index (Phi) is 5.15. The number of rotatable bonds is 4. The molecule has 0 rings (SSSR count). The third-order valence-electron chi connectivity index (χ3n) is 0.698. The third kappa shape index (κ3) is 5.25. The predicted molar refractivity (Wildman–Crippen MR) is 36.7 cm³/mol. The fourth-order valence-electron chi connectivity index (χ4n) is 0.285. The molecule has 0 atom stereocenters. The lowest BCUT2D eigenvalue weighted by Crippen LogP contribution is -2.09. The van der Waals surface area contributed by atoms with Crippen molar-refractivity contribution in [3.63, 3.8) is 0 Å². The summed E-state index contributed by atoms with van der Waals surface area (Å²) >= 11 is 0. The Morgan fingerprint density at radius 1 is 1.89 bits per heavy atom. The lowest BCUT2D eigenvalue weighted by atomic mass is 10.7. The quantitative estimate of drug-likeness (QED) is 0.230. The molecule has 0 amide bonds. The molecule has 0 aliphatic rings. The second-order valence-corrected chi connectivity index (χ2v) is 2.76. The Labute approximate surface area is 56.6 Å². The second-order valence-electron chi connectivity index (χ2n) is 1.36. The molecule has 0 aliphatic carbocycles. The molecular formula is C5H10O3Si. The van der Waals surface area contributed by atoms with Crippen molar-refractivity contribution in [3.8, 4) is 0 Å². The van der Waals surface area contributed by atoms with E-state index in [4.69, 9.17) is 4.43 Å². The highest BCUT2D eigenvalue weighted by Gasteiger charge is 1.92. The van der Waals surface area contributed by atoms with Gasteiger partial charge in [-0.25, -0.2) is 4.79 Å². The van der Waals surface area contributed by atoms with Crippen LogP contribution in [0.3, 0.4) is 0 Å². The van der Waals surface area contributed by atoms with E-state index < -0.39 is 9.76 Å². The number of hydrogen-bond acceptors (Lipinski definition) is 3. The van der Waals surface area contributed by atoms with Crippen LogP contribution in [-0.4, -0.2) is 29.1 Å². The minimum atomic E-state index is -0.621. The number of hydrogen-bond donors (Lipinski definition) is 0. The van der Waals surface area contributed by atoms with Crippen LogP contribution in [0.15, 0.2) is 12.7 Å². The third-order valence-corrected chi connectivity index (χ3v) is 1.48. The number of carbonyl (C=O) groups is 1. The molecule has 0 N–H and O–H groups in total. The van der Waals surface area contributed by atoms with Crippen LogP contribution in [0.4, 0.5) is 0 Å². The van der Waals surface area contributed by atoms with Gasteiger partial charge in [0, 0.05) is 13.2 Å². The number of esters is 1. The largest absolute Gasteiger partial charge is 0.464 e. The molecule has 0 bridgehead atoms. The molecule has 0 aliphatic heterocycles. The van der Waals surface area contributed by atoms with Crippen LogP contribution in [0, 0.1) is 0 Å². The van der Waals surface area contributed by atoms with E-state index in [1.54, 1.807) is 7.11 Å². The average Bonchev–Trinajstić information content (AvgIpc) is 1.89. The maximum Gasteiger partial charge on any atom is 0.329 e. The minimum Gasteiger partial charge on any atom is -0.464 e. The first-order valence-corrected chi connectivity index (χ1v) is 4.17. The highest BCUT2D eigenvalue weighted by Crippen LogP contribution is 1.76. The molecule has 0 heterocycles. The van der Waals surface area contributed by atoms with Crippen LogP contribution in [-0.2, 0) is 14.0 Å². The number of ether oxygens (including phenoxy) is 1. The first-order valence-electron chi connectivity index (χ1n) is 2.59. The summed E-state index contributed by atoms with van der Waals surface area (Å²) < 4.78 is 9.38. The van der Waals surface area contributed by atoms with E-state index in [0.29, 0.717) is 6.23 Å². The van der Waals surface area contributed by atoms with E-state index >= 15 is 0 Å². The highest BCUT2D eigenvalue weighted by atomic mass is 28.2. The summed E-state index contributed by atoms with van der Waals surface area (Å²) in [4.78, 5) is 10.3. The summed E-state index contributed by atoms with van der Waals surface area (Å²) in [5.41, 5.74) is 0. The smallest absolute Gasteiger partial charge is 0.329 e. The van der Waals surface area contributed by atoms with Gasteiger partial charge in [0.05, 0.1) is 0 Å². The summed E-state index contributed by atoms with van der Waals surface area (Å²) in [6.07, 6.45) is 1.57. The van der Waals surface area contributed by atoms with E-state index in [9.17, 15) is 4.79 Å². The van der Waals surface area contributed by atoms with Crippen molar-refractivity contribution in [3.05, 3.63) is 12.7 Å². The highest BCUT2D eigenvalue weighted by molar-refractivity contribution is 6.27. The second kappa shape index (κ2) is 5.52. The molecule has 0 radical (unpaired) electrons. The zero-order valence-corrected chi connectivity index (χ0v) is 6.84. The van der Waals surface area contributed by atoms with Gasteiger partial charge in [-0.3, -0.25) is 0 Å². The summed E-state index contributed by atoms with van der Waals surface area (Å²) in [7, 11) is 0.984. The SMILES string of the molecule is C=CC(=O)OC[SiH2]OC. The van der Waals surface area contributed by atoms with E-state index in [-0.39, 0.29) is 5.97 Å². The molecule has 0 aromatic heterocycles. The van der Waals surface area contributed by atoms with Gasteiger partial charge in [0.2, 0.25) is 9.76 Å². The van der Waals surface area contributed by atoms with E-state index in [1.807, 2.05) is 0 Å². The summed E-state index contributed by atoms with van der Waals surface area (Å²) in [6, 6.07) is 0. The summed E-state index contributed by atoms with van der Waals surface area (Å²) in [5, 5.41) is 0. The fourth-order valence-corrected chi connectivity index (χ4v) is 0.736. The molecule has 4 heteroatoms. The monoisotopic (exact) mass is 146 g/mol. The van der Waals surface area contributed by atoms with Gasteiger partial charge < -0.3 is 9.16 Å². The lowest BCUT2D eigenvalue weighted by molar-refractivity contribution is -0.136. The van der Waals surface area contributed by atoms with Crippen molar-refractivity contribution in [2.24, 2.45) is 0 Å².